The van der Waals surface area contributed by atoms with Gasteiger partial charge in [-0.2, -0.15) is 0 Å². The molecule has 0 aromatic heterocycles. The van der Waals surface area contributed by atoms with Gasteiger partial charge in [0.1, 0.15) is 0 Å². The Morgan fingerprint density at radius 1 is 0.943 bits per heavy atom. The number of anilines is 2. The van der Waals surface area contributed by atoms with E-state index in [0.717, 1.165) is 64.1 Å². The third-order valence-corrected chi connectivity index (χ3v) is 6.91. The van der Waals surface area contributed by atoms with Crippen LogP contribution in [0.1, 0.15) is 63.2 Å². The van der Waals surface area contributed by atoms with E-state index in [0.29, 0.717) is 43.2 Å². The number of hydrogen-bond acceptors (Lipinski definition) is 5. The fourth-order valence-corrected chi connectivity index (χ4v) is 4.92. The molecule has 1 saturated carbocycles. The Balaban J connectivity index is 1.55. The first-order valence-corrected chi connectivity index (χ1v) is 13.2. The Hall–Kier alpha value is -2.61. The largest absolute Gasteiger partial charge is 0.368 e. The number of benzene rings is 1. The predicted octanol–water partition coefficient (Wildman–Crippen LogP) is 2.95. The van der Waals surface area contributed by atoms with Gasteiger partial charge in [0.2, 0.25) is 11.8 Å². The first kappa shape index (κ1) is 25.5. The summed E-state index contributed by atoms with van der Waals surface area (Å²) in [7, 11) is 0. The molecular weight excluding hydrogens is 442 g/mol. The van der Waals surface area contributed by atoms with Gasteiger partial charge < -0.3 is 25.3 Å². The van der Waals surface area contributed by atoms with Crippen molar-refractivity contribution >= 4 is 29.1 Å². The van der Waals surface area contributed by atoms with Crippen LogP contribution >= 0.6 is 0 Å². The lowest BCUT2D eigenvalue weighted by Gasteiger charge is -2.28. The van der Waals surface area contributed by atoms with Gasteiger partial charge in [0.25, 0.3) is 5.91 Å². The molecule has 3 amide bonds. The summed E-state index contributed by atoms with van der Waals surface area (Å²) in [6, 6.07) is 5.69. The summed E-state index contributed by atoms with van der Waals surface area (Å²) in [6.45, 7) is 12.2. The molecule has 2 N–H and O–H groups in total. The predicted molar refractivity (Wildman–Crippen MR) is 139 cm³/mol. The van der Waals surface area contributed by atoms with E-state index in [1.807, 2.05) is 48.8 Å². The van der Waals surface area contributed by atoms with Gasteiger partial charge in [-0.3, -0.25) is 14.4 Å². The number of rotatable bonds is 5. The van der Waals surface area contributed by atoms with E-state index >= 15 is 0 Å². The summed E-state index contributed by atoms with van der Waals surface area (Å²) in [5, 5.41) is 6.45. The van der Waals surface area contributed by atoms with E-state index in [4.69, 9.17) is 0 Å². The van der Waals surface area contributed by atoms with Gasteiger partial charge >= 0.3 is 0 Å². The Morgan fingerprint density at radius 2 is 1.71 bits per heavy atom. The van der Waals surface area contributed by atoms with Crippen LogP contribution in [0.25, 0.3) is 0 Å². The molecule has 0 atom stereocenters. The van der Waals surface area contributed by atoms with E-state index in [2.05, 4.69) is 15.5 Å². The molecule has 8 heteroatoms. The number of hydrogen-bond donors (Lipinski definition) is 2. The van der Waals surface area contributed by atoms with Gasteiger partial charge in [-0.05, 0) is 55.8 Å². The van der Waals surface area contributed by atoms with Gasteiger partial charge in [0.05, 0.1) is 11.4 Å². The molecule has 2 saturated heterocycles. The normalized spacial score (nSPS) is 19.7. The van der Waals surface area contributed by atoms with Crippen LogP contribution in [0.15, 0.2) is 18.2 Å². The maximum absolute atomic E-state index is 13.3. The van der Waals surface area contributed by atoms with Crippen molar-refractivity contribution in [2.75, 3.05) is 62.6 Å². The quantitative estimate of drug-likeness (QED) is 0.673. The molecular formula is C27H41N5O3. The minimum atomic E-state index is -0.136. The molecule has 2 aliphatic heterocycles. The van der Waals surface area contributed by atoms with Gasteiger partial charge in [0.15, 0.2) is 0 Å². The van der Waals surface area contributed by atoms with Crippen LogP contribution in [-0.2, 0) is 9.59 Å². The summed E-state index contributed by atoms with van der Waals surface area (Å²) in [4.78, 5) is 44.9. The van der Waals surface area contributed by atoms with Gasteiger partial charge in [0, 0.05) is 63.7 Å². The molecule has 0 unspecified atom stereocenters. The standard InChI is InChI=1S/C27H41N5O3/c1-27(2,3)19-24(33)29-22-18-21(26(35)31-12-4-10-28-11-15-31)8-9-23(22)30-13-5-14-32(17-16-30)25(34)20-6-7-20/h8-9,18,20,28H,4-7,10-17,19H2,1-3H3,(H,29,33). The SMILES string of the molecule is CC(C)(C)CC(=O)Nc1cc(C(=O)N2CCCNCC2)ccc1N1CCCN(C(=O)C2CC2)CC1. The van der Waals surface area contributed by atoms with Crippen molar-refractivity contribution in [2.45, 2.75) is 52.9 Å². The van der Waals surface area contributed by atoms with E-state index in [1.54, 1.807) is 0 Å². The molecule has 0 bridgehead atoms. The molecule has 4 rings (SSSR count). The Labute approximate surface area is 209 Å². The zero-order valence-corrected chi connectivity index (χ0v) is 21.6. The maximum Gasteiger partial charge on any atom is 0.253 e. The molecule has 1 aliphatic carbocycles. The van der Waals surface area contributed by atoms with E-state index in [-0.39, 0.29) is 23.1 Å². The fraction of sp³-hybridized carbons (Fsp3) is 0.667. The first-order chi connectivity index (χ1) is 16.7. The van der Waals surface area contributed by atoms with Crippen LogP contribution in [0.3, 0.4) is 0 Å². The topological polar surface area (TPSA) is 85.0 Å². The van der Waals surface area contributed by atoms with Crippen LogP contribution in [0, 0.1) is 11.3 Å². The lowest BCUT2D eigenvalue weighted by atomic mass is 9.92. The van der Waals surface area contributed by atoms with Crippen molar-refractivity contribution in [3.8, 4) is 0 Å². The van der Waals surface area contributed by atoms with Gasteiger partial charge in [-0.15, -0.1) is 0 Å². The van der Waals surface area contributed by atoms with Crippen LogP contribution in [0.5, 0.6) is 0 Å². The molecule has 8 nitrogen and oxygen atoms in total. The number of carbonyl (C=O) groups excluding carboxylic acids is 3. The zero-order valence-electron chi connectivity index (χ0n) is 21.6. The third kappa shape index (κ3) is 6.97. The molecule has 3 fully saturated rings. The third-order valence-electron chi connectivity index (χ3n) is 6.91. The van der Waals surface area contributed by atoms with Crippen molar-refractivity contribution in [2.24, 2.45) is 11.3 Å². The van der Waals surface area contributed by atoms with Crippen molar-refractivity contribution in [3.05, 3.63) is 23.8 Å². The lowest BCUT2D eigenvalue weighted by Crippen LogP contribution is -2.36. The second kappa shape index (κ2) is 11.0. The van der Waals surface area contributed by atoms with Crippen molar-refractivity contribution < 1.29 is 14.4 Å². The number of nitrogens with one attached hydrogen (secondary N) is 2. The average Bonchev–Trinajstić information content (AvgIpc) is 3.66. The lowest BCUT2D eigenvalue weighted by molar-refractivity contribution is -0.132. The second-order valence-corrected chi connectivity index (χ2v) is 11.4. The van der Waals surface area contributed by atoms with Crippen LogP contribution < -0.4 is 15.5 Å². The van der Waals surface area contributed by atoms with Crippen molar-refractivity contribution in [1.82, 2.24) is 15.1 Å². The highest BCUT2D eigenvalue weighted by Gasteiger charge is 2.34. The second-order valence-electron chi connectivity index (χ2n) is 11.4. The number of nitrogens with zero attached hydrogens (tertiary/aromatic N) is 3. The average molecular weight is 484 g/mol. The summed E-state index contributed by atoms with van der Waals surface area (Å²) in [5.74, 6) is 0.470. The Morgan fingerprint density at radius 3 is 2.46 bits per heavy atom. The highest BCUT2D eigenvalue weighted by molar-refractivity contribution is 6.00. The van der Waals surface area contributed by atoms with E-state index in [9.17, 15) is 14.4 Å². The number of carbonyl (C=O) groups is 3. The Kier molecular flexibility index (Phi) is 7.99. The highest BCUT2D eigenvalue weighted by Crippen LogP contribution is 2.33. The molecule has 1 aromatic rings. The minimum Gasteiger partial charge on any atom is -0.368 e. The fourth-order valence-electron chi connectivity index (χ4n) is 4.92. The molecule has 1 aromatic carbocycles. The maximum atomic E-state index is 13.3. The molecule has 192 valence electrons. The van der Waals surface area contributed by atoms with Gasteiger partial charge in [-0.25, -0.2) is 0 Å². The molecule has 0 spiro atoms. The molecule has 2 heterocycles. The molecule has 0 radical (unpaired) electrons. The van der Waals surface area contributed by atoms with Gasteiger partial charge in [-0.1, -0.05) is 20.8 Å². The summed E-state index contributed by atoms with van der Waals surface area (Å²) < 4.78 is 0. The minimum absolute atomic E-state index is 0.00337. The molecule has 3 aliphatic rings. The van der Waals surface area contributed by atoms with Crippen molar-refractivity contribution in [3.63, 3.8) is 0 Å². The smallest absolute Gasteiger partial charge is 0.253 e. The monoisotopic (exact) mass is 483 g/mol. The van der Waals surface area contributed by atoms with Crippen LogP contribution in [0.4, 0.5) is 11.4 Å². The number of amides is 3. The summed E-state index contributed by atoms with van der Waals surface area (Å²) >= 11 is 0. The molecule has 35 heavy (non-hydrogen) atoms. The first-order valence-electron chi connectivity index (χ1n) is 13.2. The summed E-state index contributed by atoms with van der Waals surface area (Å²) in [6.07, 6.45) is 4.25. The van der Waals surface area contributed by atoms with Crippen LogP contribution in [-0.4, -0.2) is 79.9 Å². The zero-order chi connectivity index (χ0) is 25.0. The van der Waals surface area contributed by atoms with Crippen molar-refractivity contribution in [1.29, 1.82) is 0 Å². The van der Waals surface area contributed by atoms with E-state index in [1.165, 1.54) is 0 Å². The van der Waals surface area contributed by atoms with E-state index < -0.39 is 0 Å². The Bertz CT molecular complexity index is 929. The highest BCUT2D eigenvalue weighted by atomic mass is 16.2. The summed E-state index contributed by atoms with van der Waals surface area (Å²) in [5.41, 5.74) is 2.06. The van der Waals surface area contributed by atoms with Crippen LogP contribution in [0.2, 0.25) is 0 Å².